The van der Waals surface area contributed by atoms with Gasteiger partial charge in [0.05, 0.1) is 11.2 Å². The van der Waals surface area contributed by atoms with Gasteiger partial charge in [0.15, 0.2) is 5.82 Å². The molecule has 0 atom stereocenters. The van der Waals surface area contributed by atoms with E-state index < -0.39 is 0 Å². The number of H-pyrrole nitrogens is 1. The van der Waals surface area contributed by atoms with Gasteiger partial charge in [-0.1, -0.05) is 36.2 Å². The maximum Gasteiger partial charge on any atom is 0.216 e. The van der Waals surface area contributed by atoms with E-state index in [-0.39, 0.29) is 6.61 Å². The summed E-state index contributed by atoms with van der Waals surface area (Å²) in [6.07, 6.45) is 2.28. The molecule has 0 aliphatic heterocycles. The molecule has 130 valence electrons. The molecule has 6 nitrogen and oxygen atoms in total. The van der Waals surface area contributed by atoms with Crippen molar-refractivity contribution in [2.45, 2.75) is 20.0 Å². The molecule has 3 aromatic rings. The van der Waals surface area contributed by atoms with Crippen molar-refractivity contribution in [1.82, 2.24) is 14.9 Å². The standard InChI is InChI=1S/C16H14Cl2N4O2S/c1-2-14-20-21-16(25)22(14)19-8-10-6-7-11(24-10)9-23-13-5-3-4-12(17)15(13)18/h3-8H,2,9H2,1H3,(H,21,25)/b19-8+. The van der Waals surface area contributed by atoms with Gasteiger partial charge in [-0.3, -0.25) is 5.10 Å². The molecular weight excluding hydrogens is 383 g/mol. The fourth-order valence-corrected chi connectivity index (χ4v) is 2.62. The predicted molar refractivity (Wildman–Crippen MR) is 99.3 cm³/mol. The van der Waals surface area contributed by atoms with E-state index in [9.17, 15) is 0 Å². The Balaban J connectivity index is 1.68. The first-order valence-electron chi connectivity index (χ1n) is 7.44. The van der Waals surface area contributed by atoms with Gasteiger partial charge in [-0.2, -0.15) is 14.9 Å². The van der Waals surface area contributed by atoms with Crippen molar-refractivity contribution >= 4 is 41.6 Å². The minimum absolute atomic E-state index is 0.221. The molecule has 0 radical (unpaired) electrons. The minimum atomic E-state index is 0.221. The van der Waals surface area contributed by atoms with Gasteiger partial charge >= 0.3 is 0 Å². The lowest BCUT2D eigenvalue weighted by molar-refractivity contribution is 0.270. The second kappa shape index (κ2) is 7.86. The lowest BCUT2D eigenvalue weighted by Gasteiger charge is -2.06. The second-order valence-electron chi connectivity index (χ2n) is 5.00. The molecule has 0 saturated heterocycles. The van der Waals surface area contributed by atoms with Crippen LogP contribution in [0.2, 0.25) is 10.0 Å². The first kappa shape index (κ1) is 17.7. The summed E-state index contributed by atoms with van der Waals surface area (Å²) in [6.45, 7) is 2.19. The first-order valence-corrected chi connectivity index (χ1v) is 8.61. The number of nitrogens with zero attached hydrogens (tertiary/aromatic N) is 3. The first-order chi connectivity index (χ1) is 12.1. The van der Waals surface area contributed by atoms with Crippen LogP contribution in [-0.4, -0.2) is 21.1 Å². The smallest absolute Gasteiger partial charge is 0.216 e. The van der Waals surface area contributed by atoms with Crippen molar-refractivity contribution in [1.29, 1.82) is 0 Å². The average Bonchev–Trinajstić information content (AvgIpc) is 3.20. The molecule has 0 spiro atoms. The normalized spacial score (nSPS) is 11.3. The second-order valence-corrected chi connectivity index (χ2v) is 6.17. The molecule has 25 heavy (non-hydrogen) atoms. The van der Waals surface area contributed by atoms with Gasteiger partial charge in [0, 0.05) is 6.42 Å². The van der Waals surface area contributed by atoms with Crippen molar-refractivity contribution in [3.05, 3.63) is 62.5 Å². The largest absolute Gasteiger partial charge is 0.484 e. The van der Waals surface area contributed by atoms with Gasteiger partial charge in [-0.25, -0.2) is 0 Å². The van der Waals surface area contributed by atoms with Crippen LogP contribution in [0.5, 0.6) is 5.75 Å². The van der Waals surface area contributed by atoms with E-state index in [0.717, 1.165) is 5.82 Å². The Morgan fingerprint density at radius 2 is 2.20 bits per heavy atom. The van der Waals surface area contributed by atoms with Crippen LogP contribution in [0.4, 0.5) is 0 Å². The summed E-state index contributed by atoms with van der Waals surface area (Å²) in [7, 11) is 0. The van der Waals surface area contributed by atoms with Crippen molar-refractivity contribution in [2.24, 2.45) is 5.10 Å². The molecule has 0 bridgehead atoms. The highest BCUT2D eigenvalue weighted by Crippen LogP contribution is 2.31. The topological polar surface area (TPSA) is 68.3 Å². The van der Waals surface area contributed by atoms with Crippen LogP contribution in [0.3, 0.4) is 0 Å². The quantitative estimate of drug-likeness (QED) is 0.476. The Morgan fingerprint density at radius 3 is 3.00 bits per heavy atom. The summed E-state index contributed by atoms with van der Waals surface area (Å²) >= 11 is 17.2. The number of benzene rings is 1. The Hall–Kier alpha value is -2.09. The SMILES string of the molecule is CCc1n[nH]c(=S)n1/N=C/c1ccc(COc2cccc(Cl)c2Cl)o1. The van der Waals surface area contributed by atoms with Crippen molar-refractivity contribution in [3.8, 4) is 5.75 Å². The Bertz CT molecular complexity index is 961. The molecule has 2 heterocycles. The van der Waals surface area contributed by atoms with E-state index in [1.165, 1.54) is 0 Å². The van der Waals surface area contributed by atoms with E-state index in [4.69, 9.17) is 44.6 Å². The Labute approximate surface area is 159 Å². The van der Waals surface area contributed by atoms with Crippen LogP contribution in [0.1, 0.15) is 24.3 Å². The molecule has 1 N–H and O–H groups in total. The fraction of sp³-hybridized carbons (Fsp3) is 0.188. The minimum Gasteiger partial charge on any atom is -0.484 e. The van der Waals surface area contributed by atoms with E-state index in [2.05, 4.69) is 15.3 Å². The molecule has 0 amide bonds. The number of halogens is 2. The molecule has 0 unspecified atom stereocenters. The zero-order valence-corrected chi connectivity index (χ0v) is 15.5. The summed E-state index contributed by atoms with van der Waals surface area (Å²) in [5.74, 6) is 2.44. The van der Waals surface area contributed by atoms with Crippen LogP contribution in [0.15, 0.2) is 39.9 Å². The third-order valence-electron chi connectivity index (χ3n) is 3.30. The molecule has 2 aromatic heterocycles. The summed E-state index contributed by atoms with van der Waals surface area (Å²) in [4.78, 5) is 0. The van der Waals surface area contributed by atoms with Gasteiger partial charge in [-0.15, -0.1) is 0 Å². The third kappa shape index (κ3) is 4.12. The van der Waals surface area contributed by atoms with Crippen molar-refractivity contribution in [3.63, 3.8) is 0 Å². The molecule has 0 aliphatic rings. The van der Waals surface area contributed by atoms with Gasteiger partial charge in [0.2, 0.25) is 4.77 Å². The van der Waals surface area contributed by atoms with Crippen LogP contribution in [-0.2, 0) is 13.0 Å². The summed E-state index contributed by atoms with van der Waals surface area (Å²) in [5, 5.41) is 11.9. The summed E-state index contributed by atoms with van der Waals surface area (Å²) < 4.78 is 13.3. The van der Waals surface area contributed by atoms with Crippen LogP contribution >= 0.6 is 35.4 Å². The number of hydrogen-bond acceptors (Lipinski definition) is 5. The van der Waals surface area contributed by atoms with Crippen LogP contribution < -0.4 is 4.74 Å². The number of aromatic nitrogens is 3. The maximum absolute atomic E-state index is 6.08. The number of furan rings is 1. The highest BCUT2D eigenvalue weighted by molar-refractivity contribution is 7.71. The monoisotopic (exact) mass is 396 g/mol. The van der Waals surface area contributed by atoms with Crippen LogP contribution in [0, 0.1) is 4.77 Å². The maximum atomic E-state index is 6.08. The van der Waals surface area contributed by atoms with Gasteiger partial charge in [0.25, 0.3) is 0 Å². The number of aryl methyl sites for hydroxylation is 1. The number of aromatic amines is 1. The molecule has 0 aliphatic carbocycles. The molecule has 0 saturated carbocycles. The Kier molecular flexibility index (Phi) is 5.57. The summed E-state index contributed by atoms with van der Waals surface area (Å²) in [5.41, 5.74) is 0. The van der Waals surface area contributed by atoms with Crippen molar-refractivity contribution < 1.29 is 9.15 Å². The number of ether oxygens (including phenoxy) is 1. The average molecular weight is 397 g/mol. The summed E-state index contributed by atoms with van der Waals surface area (Å²) in [6, 6.07) is 8.80. The van der Waals surface area contributed by atoms with E-state index in [0.29, 0.717) is 38.5 Å². The zero-order chi connectivity index (χ0) is 17.8. The lowest BCUT2D eigenvalue weighted by atomic mass is 10.3. The van der Waals surface area contributed by atoms with Gasteiger partial charge < -0.3 is 9.15 Å². The molecule has 9 heteroatoms. The number of hydrogen-bond donors (Lipinski definition) is 1. The molecule has 0 fully saturated rings. The zero-order valence-electron chi connectivity index (χ0n) is 13.2. The van der Waals surface area contributed by atoms with Crippen LogP contribution in [0.25, 0.3) is 0 Å². The van der Waals surface area contributed by atoms with E-state index in [1.807, 2.05) is 6.92 Å². The Morgan fingerprint density at radius 1 is 1.36 bits per heavy atom. The fourth-order valence-electron chi connectivity index (χ4n) is 2.07. The number of nitrogens with one attached hydrogen (secondary N) is 1. The molecule has 1 aromatic carbocycles. The highest BCUT2D eigenvalue weighted by Gasteiger charge is 2.08. The molecule has 3 rings (SSSR count). The highest BCUT2D eigenvalue weighted by atomic mass is 35.5. The van der Waals surface area contributed by atoms with Gasteiger partial charge in [0.1, 0.15) is 28.9 Å². The lowest BCUT2D eigenvalue weighted by Crippen LogP contribution is -1.97. The molecular formula is C16H14Cl2N4O2S. The predicted octanol–water partition coefficient (Wildman–Crippen LogP) is 4.86. The van der Waals surface area contributed by atoms with E-state index >= 15 is 0 Å². The van der Waals surface area contributed by atoms with Gasteiger partial charge in [-0.05, 0) is 36.5 Å². The third-order valence-corrected chi connectivity index (χ3v) is 4.37. The van der Waals surface area contributed by atoms with E-state index in [1.54, 1.807) is 41.2 Å². The van der Waals surface area contributed by atoms with Crippen molar-refractivity contribution in [2.75, 3.05) is 0 Å². The number of rotatable bonds is 6.